The van der Waals surface area contributed by atoms with E-state index in [1.165, 1.54) is 38.5 Å². The SMILES string of the molecule is CCOC(=O)[C@]12CCCC=C1N(Cc1ccc(Cl)cc1Cl)C(=O)[C@H](CC(=O)NCC13CC4CC(CC(C4)C1)C3)C2. The molecule has 5 aliphatic carbocycles. The molecule has 0 radical (unpaired) electrons. The van der Waals surface area contributed by atoms with Gasteiger partial charge in [-0.1, -0.05) is 35.3 Å². The highest BCUT2D eigenvalue weighted by molar-refractivity contribution is 6.35. The largest absolute Gasteiger partial charge is 0.465 e. The van der Waals surface area contributed by atoms with Gasteiger partial charge in [0.15, 0.2) is 0 Å². The summed E-state index contributed by atoms with van der Waals surface area (Å²) in [6.07, 6.45) is 12.3. The zero-order valence-corrected chi connectivity index (χ0v) is 24.9. The Labute approximate surface area is 247 Å². The van der Waals surface area contributed by atoms with Crippen LogP contribution in [0.2, 0.25) is 10.0 Å². The van der Waals surface area contributed by atoms with E-state index in [0.717, 1.165) is 36.2 Å². The number of amides is 2. The predicted octanol–water partition coefficient (Wildman–Crippen LogP) is 6.68. The summed E-state index contributed by atoms with van der Waals surface area (Å²) in [5, 5.41) is 4.24. The Morgan fingerprint density at radius 2 is 1.77 bits per heavy atom. The zero-order valence-electron chi connectivity index (χ0n) is 23.4. The van der Waals surface area contributed by atoms with Crippen molar-refractivity contribution in [2.45, 2.75) is 84.1 Å². The zero-order chi connectivity index (χ0) is 28.1. The van der Waals surface area contributed by atoms with Crippen LogP contribution < -0.4 is 5.32 Å². The van der Waals surface area contributed by atoms with E-state index in [4.69, 9.17) is 27.9 Å². The molecule has 1 aromatic rings. The van der Waals surface area contributed by atoms with Gasteiger partial charge in [-0.3, -0.25) is 14.4 Å². The minimum absolute atomic E-state index is 0.0739. The molecular formula is C32H40Cl2N2O4. The molecule has 6 aliphatic rings. The summed E-state index contributed by atoms with van der Waals surface area (Å²) >= 11 is 12.6. The molecule has 8 heteroatoms. The third-order valence-corrected chi connectivity index (χ3v) is 11.0. The number of nitrogens with one attached hydrogen (secondary N) is 1. The van der Waals surface area contributed by atoms with Gasteiger partial charge in [-0.2, -0.15) is 0 Å². The molecule has 1 saturated heterocycles. The van der Waals surface area contributed by atoms with E-state index in [-0.39, 0.29) is 42.8 Å². The summed E-state index contributed by atoms with van der Waals surface area (Å²) in [6.45, 7) is 2.98. The first-order valence-electron chi connectivity index (χ1n) is 15.1. The fourth-order valence-electron chi connectivity index (χ4n) is 9.18. The Bertz CT molecular complexity index is 1190. The molecule has 1 heterocycles. The lowest BCUT2D eigenvalue weighted by Gasteiger charge is -2.57. The van der Waals surface area contributed by atoms with Crippen LogP contribution in [0.4, 0.5) is 0 Å². The lowest BCUT2D eigenvalue weighted by atomic mass is 9.49. The summed E-state index contributed by atoms with van der Waals surface area (Å²) in [5.74, 6) is 1.30. The van der Waals surface area contributed by atoms with Crippen molar-refractivity contribution in [3.05, 3.63) is 45.6 Å². The molecule has 0 spiro atoms. The van der Waals surface area contributed by atoms with Crippen LogP contribution in [0.15, 0.2) is 30.0 Å². The van der Waals surface area contributed by atoms with Gasteiger partial charge in [0, 0.05) is 34.6 Å². The lowest BCUT2D eigenvalue weighted by Crippen LogP contribution is -2.54. The standard InChI is InChI=1S/C32H40Cl2N2O4/c1-2-40-30(39)32-8-4-3-5-27(32)36(18-23-6-7-25(33)13-26(23)34)29(38)24(17-32)12-28(37)35-19-31-14-20-9-21(15-31)11-22(10-20)16-31/h5-7,13,20-22,24H,2-4,8-12,14-19H2,1H3,(H,35,37)/t20?,21?,22?,24-,31?,32+/m1/s1. The predicted molar refractivity (Wildman–Crippen MR) is 154 cm³/mol. The van der Waals surface area contributed by atoms with Crippen LogP contribution in [-0.2, 0) is 25.7 Å². The fraction of sp³-hybridized carbons (Fsp3) is 0.656. The second-order valence-electron chi connectivity index (χ2n) is 13.2. The first-order chi connectivity index (χ1) is 19.2. The van der Waals surface area contributed by atoms with Crippen molar-refractivity contribution >= 4 is 41.0 Å². The summed E-state index contributed by atoms with van der Waals surface area (Å²) in [7, 11) is 0. The third kappa shape index (κ3) is 5.19. The summed E-state index contributed by atoms with van der Waals surface area (Å²) in [6, 6.07) is 5.23. The highest BCUT2D eigenvalue weighted by Crippen LogP contribution is 2.59. The van der Waals surface area contributed by atoms with Crippen molar-refractivity contribution in [3.8, 4) is 0 Å². The van der Waals surface area contributed by atoms with E-state index in [9.17, 15) is 14.4 Å². The number of esters is 1. The fourth-order valence-corrected chi connectivity index (χ4v) is 9.65. The number of fused-ring (bicyclic) bond motifs is 1. The maximum absolute atomic E-state index is 14.0. The molecule has 5 fully saturated rings. The second-order valence-corrected chi connectivity index (χ2v) is 14.1. The van der Waals surface area contributed by atoms with Crippen molar-refractivity contribution in [1.29, 1.82) is 0 Å². The number of piperidine rings is 1. The molecule has 2 atom stereocenters. The van der Waals surface area contributed by atoms with Crippen LogP contribution in [0.25, 0.3) is 0 Å². The average Bonchev–Trinajstić information content (AvgIpc) is 2.90. The van der Waals surface area contributed by atoms with Crippen LogP contribution in [0, 0.1) is 34.5 Å². The van der Waals surface area contributed by atoms with Gasteiger partial charge in [0.2, 0.25) is 11.8 Å². The maximum Gasteiger partial charge on any atom is 0.318 e. The van der Waals surface area contributed by atoms with Gasteiger partial charge in [0.1, 0.15) is 5.41 Å². The monoisotopic (exact) mass is 586 g/mol. The van der Waals surface area contributed by atoms with E-state index in [1.807, 2.05) is 12.1 Å². The first-order valence-corrected chi connectivity index (χ1v) is 15.9. The highest BCUT2D eigenvalue weighted by atomic mass is 35.5. The van der Waals surface area contributed by atoms with E-state index in [2.05, 4.69) is 5.32 Å². The van der Waals surface area contributed by atoms with Gasteiger partial charge >= 0.3 is 5.97 Å². The number of halogens is 2. The molecule has 6 nitrogen and oxygen atoms in total. The number of ether oxygens (including phenoxy) is 1. The summed E-state index contributed by atoms with van der Waals surface area (Å²) < 4.78 is 5.59. The van der Waals surface area contributed by atoms with E-state index in [0.29, 0.717) is 35.1 Å². The number of hydrogen-bond donors (Lipinski definition) is 1. The quantitative estimate of drug-likeness (QED) is 0.344. The smallest absolute Gasteiger partial charge is 0.318 e. The molecule has 0 unspecified atom stereocenters. The Hall–Kier alpha value is -2.05. The van der Waals surface area contributed by atoms with Gasteiger partial charge < -0.3 is 15.0 Å². The molecular weight excluding hydrogens is 547 g/mol. The molecule has 7 rings (SSSR count). The van der Waals surface area contributed by atoms with Crippen LogP contribution in [0.1, 0.15) is 83.1 Å². The van der Waals surface area contributed by atoms with Crippen molar-refractivity contribution in [1.82, 2.24) is 10.2 Å². The maximum atomic E-state index is 14.0. The Balaban J connectivity index is 1.22. The molecule has 4 saturated carbocycles. The summed E-state index contributed by atoms with van der Waals surface area (Å²) in [4.78, 5) is 42.7. The number of nitrogens with zero attached hydrogens (tertiary/aromatic N) is 1. The van der Waals surface area contributed by atoms with Crippen LogP contribution in [-0.4, -0.2) is 35.8 Å². The second kappa shape index (κ2) is 11.0. The van der Waals surface area contributed by atoms with Crippen LogP contribution >= 0.6 is 23.2 Å². The number of carbonyl (C=O) groups is 3. The number of likely N-dealkylation sites (tertiary alicyclic amines) is 1. The lowest BCUT2D eigenvalue weighted by molar-refractivity contribution is -0.162. The minimum Gasteiger partial charge on any atom is -0.465 e. The molecule has 4 bridgehead atoms. The number of benzene rings is 1. The van der Waals surface area contributed by atoms with Crippen molar-refractivity contribution in [2.24, 2.45) is 34.5 Å². The molecule has 1 aromatic carbocycles. The van der Waals surface area contributed by atoms with Gasteiger partial charge in [-0.15, -0.1) is 0 Å². The number of allylic oxidation sites excluding steroid dienone is 1. The van der Waals surface area contributed by atoms with E-state index < -0.39 is 11.3 Å². The first kappa shape index (κ1) is 28.1. The molecule has 1 aliphatic heterocycles. The summed E-state index contributed by atoms with van der Waals surface area (Å²) in [5.41, 5.74) is 0.726. The molecule has 1 N–H and O–H groups in total. The van der Waals surface area contributed by atoms with E-state index >= 15 is 0 Å². The van der Waals surface area contributed by atoms with E-state index in [1.54, 1.807) is 24.0 Å². The normalized spacial score (nSPS) is 34.3. The molecule has 0 aromatic heterocycles. The Kier molecular flexibility index (Phi) is 7.71. The molecule has 216 valence electrons. The van der Waals surface area contributed by atoms with Gasteiger partial charge in [-0.25, -0.2) is 0 Å². The van der Waals surface area contributed by atoms with Crippen molar-refractivity contribution in [3.63, 3.8) is 0 Å². The van der Waals surface area contributed by atoms with Gasteiger partial charge in [0.05, 0.1) is 13.2 Å². The van der Waals surface area contributed by atoms with Crippen LogP contribution in [0.3, 0.4) is 0 Å². The number of hydrogen-bond acceptors (Lipinski definition) is 4. The topological polar surface area (TPSA) is 75.7 Å². The molecule has 40 heavy (non-hydrogen) atoms. The average molecular weight is 588 g/mol. The Morgan fingerprint density at radius 3 is 2.42 bits per heavy atom. The van der Waals surface area contributed by atoms with Gasteiger partial charge in [-0.05, 0) is 112 Å². The minimum atomic E-state index is -0.939. The third-order valence-electron chi connectivity index (χ3n) is 10.4. The number of rotatable bonds is 8. The number of carbonyl (C=O) groups excluding carboxylic acids is 3. The van der Waals surface area contributed by atoms with Crippen molar-refractivity contribution < 1.29 is 19.1 Å². The van der Waals surface area contributed by atoms with Gasteiger partial charge in [0.25, 0.3) is 0 Å². The van der Waals surface area contributed by atoms with Crippen molar-refractivity contribution in [2.75, 3.05) is 13.2 Å². The van der Waals surface area contributed by atoms with Crippen LogP contribution in [0.5, 0.6) is 0 Å². The molecule has 2 amide bonds. The Morgan fingerprint density at radius 1 is 1.07 bits per heavy atom. The highest BCUT2D eigenvalue weighted by Gasteiger charge is 2.55.